The summed E-state index contributed by atoms with van der Waals surface area (Å²) >= 11 is 0.401. The predicted molar refractivity (Wildman–Crippen MR) is 40.0 cm³/mol. The minimum Gasteiger partial charge on any atom is -0.264 e. The van der Waals surface area contributed by atoms with Crippen LogP contribution in [0, 0.1) is 10.1 Å². The number of hydrogen-bond donors (Lipinski definition) is 0. The molecule has 13 heavy (non-hydrogen) atoms. The molecule has 0 bridgehead atoms. The lowest BCUT2D eigenvalue weighted by Gasteiger charge is -2.00. The Labute approximate surface area is 75.0 Å². The zero-order chi connectivity index (χ0) is 10.1. The van der Waals surface area contributed by atoms with E-state index in [-0.39, 0.29) is 4.88 Å². The van der Waals surface area contributed by atoms with Crippen molar-refractivity contribution in [2.45, 2.75) is 12.7 Å². The smallest absolute Gasteiger partial charge is 0.264 e. The molecule has 0 fully saturated rings. The highest BCUT2D eigenvalue weighted by Gasteiger charge is 2.32. The first-order chi connectivity index (χ1) is 5.89. The molecule has 0 aliphatic carbocycles. The first kappa shape index (κ1) is 9.97. The van der Waals surface area contributed by atoms with Gasteiger partial charge in [0.2, 0.25) is 6.54 Å². The minimum absolute atomic E-state index is 0.109. The number of halogens is 3. The third kappa shape index (κ3) is 2.69. The van der Waals surface area contributed by atoms with Gasteiger partial charge in [0.15, 0.2) is 0 Å². The number of hydrogen-bond acceptors (Lipinski definition) is 3. The molecule has 0 radical (unpaired) electrons. The summed E-state index contributed by atoms with van der Waals surface area (Å²) < 4.78 is 35.9. The Morgan fingerprint density at radius 3 is 2.46 bits per heavy atom. The Morgan fingerprint density at radius 1 is 1.46 bits per heavy atom. The number of rotatable bonds is 2. The van der Waals surface area contributed by atoms with Crippen LogP contribution in [0.15, 0.2) is 12.1 Å². The summed E-state index contributed by atoms with van der Waals surface area (Å²) in [5.74, 6) is 0. The van der Waals surface area contributed by atoms with Crippen LogP contribution < -0.4 is 0 Å². The Bertz CT molecular complexity index is 320. The van der Waals surface area contributed by atoms with E-state index < -0.39 is 22.5 Å². The molecular weight excluding hydrogens is 207 g/mol. The van der Waals surface area contributed by atoms with Gasteiger partial charge in [-0.05, 0) is 12.1 Å². The average molecular weight is 211 g/mol. The van der Waals surface area contributed by atoms with Crippen molar-refractivity contribution in [1.82, 2.24) is 0 Å². The van der Waals surface area contributed by atoms with E-state index >= 15 is 0 Å². The maximum Gasteiger partial charge on any atom is 0.425 e. The molecule has 3 nitrogen and oxygen atoms in total. The van der Waals surface area contributed by atoms with E-state index in [1.807, 2.05) is 0 Å². The molecule has 1 rings (SSSR count). The van der Waals surface area contributed by atoms with Gasteiger partial charge in [-0.25, -0.2) is 0 Å². The van der Waals surface area contributed by atoms with Crippen LogP contribution >= 0.6 is 11.3 Å². The monoisotopic (exact) mass is 211 g/mol. The second-order valence-electron chi connectivity index (χ2n) is 2.25. The van der Waals surface area contributed by atoms with E-state index in [9.17, 15) is 23.3 Å². The van der Waals surface area contributed by atoms with Gasteiger partial charge in [0.1, 0.15) is 4.88 Å². The van der Waals surface area contributed by atoms with E-state index in [1.165, 1.54) is 0 Å². The molecule has 0 atom stereocenters. The summed E-state index contributed by atoms with van der Waals surface area (Å²) in [6.07, 6.45) is -4.40. The summed E-state index contributed by atoms with van der Waals surface area (Å²) in [6.45, 7) is -0.555. The van der Waals surface area contributed by atoms with Gasteiger partial charge in [0.05, 0.1) is 4.88 Å². The van der Waals surface area contributed by atoms with Crippen LogP contribution in [0.2, 0.25) is 0 Å². The van der Waals surface area contributed by atoms with Gasteiger partial charge in [-0.3, -0.25) is 10.1 Å². The largest absolute Gasteiger partial charge is 0.425 e. The summed E-state index contributed by atoms with van der Waals surface area (Å²) in [7, 11) is 0. The zero-order valence-electron chi connectivity index (χ0n) is 6.17. The van der Waals surface area contributed by atoms with Crippen LogP contribution in [0.25, 0.3) is 0 Å². The van der Waals surface area contributed by atoms with Gasteiger partial charge in [0.25, 0.3) is 0 Å². The van der Waals surface area contributed by atoms with E-state index in [2.05, 4.69) is 0 Å². The van der Waals surface area contributed by atoms with Gasteiger partial charge in [-0.2, -0.15) is 13.2 Å². The van der Waals surface area contributed by atoms with Gasteiger partial charge in [-0.15, -0.1) is 11.3 Å². The van der Waals surface area contributed by atoms with Crippen LogP contribution in [0.1, 0.15) is 9.75 Å². The van der Waals surface area contributed by atoms with Gasteiger partial charge in [-0.1, -0.05) is 0 Å². The fraction of sp³-hybridized carbons (Fsp3) is 0.333. The van der Waals surface area contributed by atoms with Crippen molar-refractivity contribution >= 4 is 11.3 Å². The molecule has 0 aliphatic rings. The standard InChI is InChI=1S/C6H4F3NO2S/c7-6(8,9)5-2-1-4(13-5)3-10(11)12/h1-2H,3H2. The van der Waals surface area contributed by atoms with Gasteiger partial charge >= 0.3 is 6.18 Å². The summed E-state index contributed by atoms with van der Waals surface area (Å²) in [6, 6.07) is 1.97. The maximum atomic E-state index is 12.0. The number of thiophene rings is 1. The molecule has 1 heterocycles. The maximum absolute atomic E-state index is 12.0. The van der Waals surface area contributed by atoms with E-state index in [1.54, 1.807) is 0 Å². The Morgan fingerprint density at radius 2 is 2.08 bits per heavy atom. The molecule has 0 aliphatic heterocycles. The molecule has 72 valence electrons. The molecule has 1 aromatic rings. The van der Waals surface area contributed by atoms with Gasteiger partial charge in [0, 0.05) is 4.92 Å². The highest BCUT2D eigenvalue weighted by molar-refractivity contribution is 7.12. The number of alkyl halides is 3. The first-order valence-electron chi connectivity index (χ1n) is 3.17. The summed E-state index contributed by atoms with van der Waals surface area (Å²) in [4.78, 5) is 8.60. The molecule has 0 aromatic carbocycles. The lowest BCUT2D eigenvalue weighted by molar-refractivity contribution is -0.496. The highest BCUT2D eigenvalue weighted by atomic mass is 32.1. The molecule has 0 amide bonds. The van der Waals surface area contributed by atoms with E-state index in [0.717, 1.165) is 12.1 Å². The van der Waals surface area contributed by atoms with Gasteiger partial charge < -0.3 is 0 Å². The molecule has 0 saturated carbocycles. The molecule has 0 saturated heterocycles. The normalized spacial score (nSPS) is 11.6. The fourth-order valence-corrected chi connectivity index (χ4v) is 1.58. The topological polar surface area (TPSA) is 43.1 Å². The lowest BCUT2D eigenvalue weighted by Crippen LogP contribution is -2.00. The predicted octanol–water partition coefficient (Wildman–Crippen LogP) is 2.54. The molecule has 0 unspecified atom stereocenters. The second-order valence-corrected chi connectivity index (χ2v) is 3.42. The highest BCUT2D eigenvalue weighted by Crippen LogP contribution is 2.34. The van der Waals surface area contributed by atoms with Crippen molar-refractivity contribution in [2.75, 3.05) is 0 Å². The van der Waals surface area contributed by atoms with Crippen molar-refractivity contribution in [3.05, 3.63) is 32.0 Å². The van der Waals surface area contributed by atoms with Crippen molar-refractivity contribution in [2.24, 2.45) is 0 Å². The Balaban J connectivity index is 2.81. The zero-order valence-corrected chi connectivity index (χ0v) is 6.98. The van der Waals surface area contributed by atoms with E-state index in [0.29, 0.717) is 11.3 Å². The van der Waals surface area contributed by atoms with Crippen LogP contribution in [0.5, 0.6) is 0 Å². The third-order valence-electron chi connectivity index (χ3n) is 1.23. The van der Waals surface area contributed by atoms with Crippen molar-refractivity contribution < 1.29 is 18.1 Å². The van der Waals surface area contributed by atoms with Crippen LogP contribution in [0.4, 0.5) is 13.2 Å². The minimum atomic E-state index is -4.40. The number of nitro groups is 1. The van der Waals surface area contributed by atoms with Crippen LogP contribution in [-0.2, 0) is 12.7 Å². The first-order valence-corrected chi connectivity index (χ1v) is 3.99. The fourth-order valence-electron chi connectivity index (χ4n) is 0.742. The van der Waals surface area contributed by atoms with Crippen molar-refractivity contribution in [3.8, 4) is 0 Å². The van der Waals surface area contributed by atoms with Crippen molar-refractivity contribution in [1.29, 1.82) is 0 Å². The number of nitrogens with zero attached hydrogens (tertiary/aromatic N) is 1. The molecule has 0 spiro atoms. The molecule has 7 heteroatoms. The summed E-state index contributed by atoms with van der Waals surface area (Å²) in [5, 5.41) is 9.96. The summed E-state index contributed by atoms with van der Waals surface area (Å²) in [5.41, 5.74) is 0. The van der Waals surface area contributed by atoms with Crippen LogP contribution in [0.3, 0.4) is 0 Å². The quantitative estimate of drug-likeness (QED) is 0.557. The lowest BCUT2D eigenvalue weighted by atomic mass is 10.4. The molecule has 1 aromatic heterocycles. The van der Waals surface area contributed by atoms with E-state index in [4.69, 9.17) is 0 Å². The van der Waals surface area contributed by atoms with Crippen LogP contribution in [-0.4, -0.2) is 4.92 Å². The SMILES string of the molecule is O=[N+]([O-])Cc1ccc(C(F)(F)F)s1. The second kappa shape index (κ2) is 3.33. The van der Waals surface area contributed by atoms with Crippen molar-refractivity contribution in [3.63, 3.8) is 0 Å². The Hall–Kier alpha value is -1.11. The average Bonchev–Trinajstić information content (AvgIpc) is 2.32. The molecule has 0 N–H and O–H groups in total. The molecular formula is C6H4F3NO2S. The Kier molecular flexibility index (Phi) is 2.55. The third-order valence-corrected chi connectivity index (χ3v) is 2.34.